The van der Waals surface area contributed by atoms with Crippen LogP contribution in [0.25, 0.3) is 0 Å². The monoisotopic (exact) mass is 357 g/mol. The summed E-state index contributed by atoms with van der Waals surface area (Å²) in [6.45, 7) is 6.77. The van der Waals surface area contributed by atoms with E-state index < -0.39 is 0 Å². The predicted octanol–water partition coefficient (Wildman–Crippen LogP) is 4.00. The Labute approximate surface area is 154 Å². The molecule has 0 unspecified atom stereocenters. The van der Waals surface area contributed by atoms with E-state index in [0.717, 1.165) is 37.5 Å². The lowest BCUT2D eigenvalue weighted by atomic mass is 10.0. The minimum Gasteiger partial charge on any atom is -0.336 e. The maximum Gasteiger partial charge on any atom is 0.273 e. The second-order valence-electron chi connectivity index (χ2n) is 7.17. The molecule has 0 bridgehead atoms. The highest BCUT2D eigenvalue weighted by atomic mass is 32.1. The highest BCUT2D eigenvalue weighted by Crippen LogP contribution is 2.22. The molecule has 0 N–H and O–H groups in total. The number of thiazole rings is 1. The fraction of sp³-hybridized carbons (Fsp3) is 0.500. The lowest BCUT2D eigenvalue weighted by molar-refractivity contribution is 0.0597. The summed E-state index contributed by atoms with van der Waals surface area (Å²) in [6, 6.07) is 10.9. The van der Waals surface area contributed by atoms with Gasteiger partial charge in [0.05, 0.1) is 5.01 Å². The molecule has 1 atom stereocenters. The van der Waals surface area contributed by atoms with Gasteiger partial charge in [0.1, 0.15) is 5.69 Å². The Balaban J connectivity index is 1.62. The van der Waals surface area contributed by atoms with E-state index in [0.29, 0.717) is 17.7 Å². The first-order valence-corrected chi connectivity index (χ1v) is 9.91. The van der Waals surface area contributed by atoms with E-state index >= 15 is 0 Å². The van der Waals surface area contributed by atoms with Crippen LogP contribution >= 0.6 is 11.3 Å². The zero-order valence-electron chi connectivity index (χ0n) is 15.3. The number of rotatable bonds is 5. The molecule has 1 aromatic carbocycles. The van der Waals surface area contributed by atoms with Crippen LogP contribution in [0.1, 0.15) is 53.7 Å². The van der Waals surface area contributed by atoms with Crippen LogP contribution in [0.5, 0.6) is 0 Å². The predicted molar refractivity (Wildman–Crippen MR) is 103 cm³/mol. The quantitative estimate of drug-likeness (QED) is 0.811. The number of aromatic nitrogens is 1. The number of likely N-dealkylation sites (tertiary alicyclic amines) is 1. The van der Waals surface area contributed by atoms with Crippen molar-refractivity contribution >= 4 is 17.2 Å². The molecule has 0 aliphatic carbocycles. The van der Waals surface area contributed by atoms with E-state index in [1.54, 1.807) is 11.3 Å². The molecule has 1 aliphatic heterocycles. The summed E-state index contributed by atoms with van der Waals surface area (Å²) in [7, 11) is 2.16. The lowest BCUT2D eigenvalue weighted by Crippen LogP contribution is -2.48. The Bertz CT molecular complexity index is 698. The molecule has 2 aromatic rings. The normalized spacial score (nSPS) is 18.1. The molecule has 0 saturated carbocycles. The van der Waals surface area contributed by atoms with Gasteiger partial charge in [-0.15, -0.1) is 11.3 Å². The van der Waals surface area contributed by atoms with Gasteiger partial charge in [-0.1, -0.05) is 44.2 Å². The van der Waals surface area contributed by atoms with E-state index in [4.69, 9.17) is 0 Å². The van der Waals surface area contributed by atoms with Crippen LogP contribution in [0.15, 0.2) is 35.7 Å². The van der Waals surface area contributed by atoms with Crippen molar-refractivity contribution in [2.75, 3.05) is 20.1 Å². The van der Waals surface area contributed by atoms with E-state index in [1.165, 1.54) is 5.56 Å². The molecular weight excluding hydrogens is 330 g/mol. The van der Waals surface area contributed by atoms with Gasteiger partial charge in [-0.05, 0) is 25.5 Å². The number of nitrogens with zero attached hydrogens (tertiary/aromatic N) is 3. The van der Waals surface area contributed by atoms with Crippen molar-refractivity contribution in [3.05, 3.63) is 52.0 Å². The molecule has 0 spiro atoms. The van der Waals surface area contributed by atoms with Crippen molar-refractivity contribution in [1.29, 1.82) is 0 Å². The number of hydrogen-bond donors (Lipinski definition) is 0. The van der Waals surface area contributed by atoms with Gasteiger partial charge in [-0.25, -0.2) is 4.98 Å². The summed E-state index contributed by atoms with van der Waals surface area (Å²) in [4.78, 5) is 21.7. The Kier molecular flexibility index (Phi) is 5.86. The van der Waals surface area contributed by atoms with Crippen LogP contribution < -0.4 is 0 Å². The van der Waals surface area contributed by atoms with Gasteiger partial charge in [-0.2, -0.15) is 0 Å². The molecule has 134 valence electrons. The Morgan fingerprint density at radius 1 is 1.36 bits per heavy atom. The van der Waals surface area contributed by atoms with Gasteiger partial charge in [0, 0.05) is 37.0 Å². The standard InChI is InChI=1S/C20H27N3OS/c1-15(2)19-21-18(14-25-19)20(24)23-11-7-10-17(13-23)22(3)12-16-8-5-4-6-9-16/h4-6,8-9,14-15,17H,7,10-13H2,1-3H3/t17-/m1/s1. The van der Waals surface area contributed by atoms with Crippen LogP contribution in [-0.2, 0) is 6.54 Å². The summed E-state index contributed by atoms with van der Waals surface area (Å²) in [5.74, 6) is 0.457. The third-order valence-electron chi connectivity index (χ3n) is 4.82. The van der Waals surface area contributed by atoms with Crippen molar-refractivity contribution in [2.45, 2.75) is 45.2 Å². The van der Waals surface area contributed by atoms with Crippen LogP contribution in [0.3, 0.4) is 0 Å². The molecule has 5 heteroatoms. The number of piperidine rings is 1. The SMILES string of the molecule is CC(C)c1nc(C(=O)N2CCC[C@@H](N(C)Cc3ccccc3)C2)cs1. The van der Waals surface area contributed by atoms with Crippen LogP contribution in [0.4, 0.5) is 0 Å². The topological polar surface area (TPSA) is 36.4 Å². The fourth-order valence-corrected chi connectivity index (χ4v) is 4.12. The number of carbonyl (C=O) groups excluding carboxylic acids is 1. The van der Waals surface area contributed by atoms with E-state index in [1.807, 2.05) is 16.3 Å². The van der Waals surface area contributed by atoms with Crippen molar-refractivity contribution in [3.8, 4) is 0 Å². The molecule has 25 heavy (non-hydrogen) atoms. The van der Waals surface area contributed by atoms with Gasteiger partial charge >= 0.3 is 0 Å². The first kappa shape index (κ1) is 18.1. The molecule has 3 rings (SSSR count). The Morgan fingerprint density at radius 2 is 2.12 bits per heavy atom. The van der Waals surface area contributed by atoms with Crippen molar-refractivity contribution < 1.29 is 4.79 Å². The summed E-state index contributed by atoms with van der Waals surface area (Å²) in [5, 5.41) is 2.95. The van der Waals surface area contributed by atoms with Gasteiger partial charge in [0.25, 0.3) is 5.91 Å². The smallest absolute Gasteiger partial charge is 0.273 e. The number of carbonyl (C=O) groups is 1. The average molecular weight is 358 g/mol. The molecule has 1 aliphatic rings. The lowest BCUT2D eigenvalue weighted by Gasteiger charge is -2.37. The largest absolute Gasteiger partial charge is 0.336 e. The molecule has 1 fully saturated rings. The van der Waals surface area contributed by atoms with Crippen LogP contribution in [0.2, 0.25) is 0 Å². The minimum absolute atomic E-state index is 0.0842. The van der Waals surface area contributed by atoms with E-state index in [-0.39, 0.29) is 5.91 Å². The van der Waals surface area contributed by atoms with Crippen LogP contribution in [-0.4, -0.2) is 46.9 Å². The minimum atomic E-state index is 0.0842. The summed E-state index contributed by atoms with van der Waals surface area (Å²) in [6.07, 6.45) is 2.19. The second-order valence-corrected chi connectivity index (χ2v) is 8.06. The molecule has 2 heterocycles. The molecule has 4 nitrogen and oxygen atoms in total. The summed E-state index contributed by atoms with van der Waals surface area (Å²) < 4.78 is 0. The molecular formula is C20H27N3OS. The van der Waals surface area contributed by atoms with E-state index in [9.17, 15) is 4.79 Å². The molecule has 1 saturated heterocycles. The number of hydrogen-bond acceptors (Lipinski definition) is 4. The number of benzene rings is 1. The van der Waals surface area contributed by atoms with Gasteiger partial charge in [0.2, 0.25) is 0 Å². The number of likely N-dealkylation sites (N-methyl/N-ethyl adjacent to an activating group) is 1. The van der Waals surface area contributed by atoms with Gasteiger partial charge in [-0.3, -0.25) is 9.69 Å². The third kappa shape index (κ3) is 4.47. The third-order valence-corrected chi connectivity index (χ3v) is 5.96. The second kappa shape index (κ2) is 8.11. The summed E-state index contributed by atoms with van der Waals surface area (Å²) >= 11 is 1.59. The van der Waals surface area contributed by atoms with Crippen molar-refractivity contribution in [3.63, 3.8) is 0 Å². The summed E-state index contributed by atoms with van der Waals surface area (Å²) in [5.41, 5.74) is 1.93. The zero-order chi connectivity index (χ0) is 17.8. The molecule has 0 radical (unpaired) electrons. The molecule has 1 amide bonds. The highest BCUT2D eigenvalue weighted by Gasteiger charge is 2.28. The number of amides is 1. The van der Waals surface area contributed by atoms with Crippen molar-refractivity contribution in [2.24, 2.45) is 0 Å². The van der Waals surface area contributed by atoms with Crippen LogP contribution in [0, 0.1) is 0 Å². The zero-order valence-corrected chi connectivity index (χ0v) is 16.1. The van der Waals surface area contributed by atoms with Gasteiger partial charge in [0.15, 0.2) is 0 Å². The Hall–Kier alpha value is -1.72. The highest BCUT2D eigenvalue weighted by molar-refractivity contribution is 7.09. The van der Waals surface area contributed by atoms with E-state index in [2.05, 4.69) is 55.0 Å². The average Bonchev–Trinajstić information content (AvgIpc) is 3.12. The van der Waals surface area contributed by atoms with Gasteiger partial charge < -0.3 is 4.90 Å². The maximum atomic E-state index is 12.8. The fourth-order valence-electron chi connectivity index (χ4n) is 3.31. The molecule has 1 aromatic heterocycles. The Morgan fingerprint density at radius 3 is 2.80 bits per heavy atom. The van der Waals surface area contributed by atoms with Crippen molar-refractivity contribution in [1.82, 2.24) is 14.8 Å². The first-order valence-electron chi connectivity index (χ1n) is 9.03. The first-order chi connectivity index (χ1) is 12.0. The maximum absolute atomic E-state index is 12.8.